The Hall–Kier alpha value is -1.35. The summed E-state index contributed by atoms with van der Waals surface area (Å²) in [5.74, 6) is 1.80. The zero-order valence-electron chi connectivity index (χ0n) is 12.3. The first-order chi connectivity index (χ1) is 9.24. The van der Waals surface area contributed by atoms with Crippen LogP contribution in [-0.2, 0) is 13.1 Å². The van der Waals surface area contributed by atoms with Crippen LogP contribution in [0.25, 0.3) is 11.0 Å². The molecule has 3 nitrogen and oxygen atoms in total. The standard InChI is InChI=1S/C16H25N3/c1-4-9-19-15-8-7-12(11-17)10-14(15)18-16(19)13(5-2)6-3/h7-8,10,13H,4-6,9,11,17H2,1-3H3. The molecule has 19 heavy (non-hydrogen) atoms. The quantitative estimate of drug-likeness (QED) is 0.857. The van der Waals surface area contributed by atoms with E-state index in [9.17, 15) is 0 Å². The molecule has 0 saturated heterocycles. The van der Waals surface area contributed by atoms with E-state index in [2.05, 4.69) is 43.5 Å². The van der Waals surface area contributed by atoms with Gasteiger partial charge in [0.15, 0.2) is 0 Å². The van der Waals surface area contributed by atoms with Crippen molar-refractivity contribution in [2.45, 2.75) is 59.0 Å². The second-order valence-electron chi connectivity index (χ2n) is 5.16. The lowest BCUT2D eigenvalue weighted by Gasteiger charge is -2.14. The summed E-state index contributed by atoms with van der Waals surface area (Å²) in [6, 6.07) is 6.42. The van der Waals surface area contributed by atoms with Crippen molar-refractivity contribution in [2.24, 2.45) is 5.73 Å². The number of rotatable bonds is 6. The average molecular weight is 259 g/mol. The molecule has 0 amide bonds. The minimum absolute atomic E-state index is 0.556. The summed E-state index contributed by atoms with van der Waals surface area (Å²) in [6.45, 7) is 8.34. The van der Waals surface area contributed by atoms with Crippen LogP contribution in [0, 0.1) is 0 Å². The highest BCUT2D eigenvalue weighted by Gasteiger charge is 2.17. The third-order valence-corrected chi connectivity index (χ3v) is 3.88. The molecule has 0 aliphatic heterocycles. The van der Waals surface area contributed by atoms with E-state index in [1.165, 1.54) is 11.3 Å². The Bertz CT molecular complexity index is 538. The fourth-order valence-corrected chi connectivity index (χ4v) is 2.75. The van der Waals surface area contributed by atoms with E-state index in [0.717, 1.165) is 36.9 Å². The summed E-state index contributed by atoms with van der Waals surface area (Å²) in [4.78, 5) is 4.89. The van der Waals surface area contributed by atoms with Crippen LogP contribution in [0.1, 0.15) is 57.3 Å². The van der Waals surface area contributed by atoms with Crippen LogP contribution < -0.4 is 5.73 Å². The second-order valence-corrected chi connectivity index (χ2v) is 5.16. The minimum atomic E-state index is 0.556. The average Bonchev–Trinajstić information content (AvgIpc) is 2.79. The molecule has 0 unspecified atom stereocenters. The molecule has 0 spiro atoms. The molecule has 2 N–H and O–H groups in total. The Morgan fingerprint density at radius 3 is 2.53 bits per heavy atom. The molecule has 0 bridgehead atoms. The van der Waals surface area contributed by atoms with Gasteiger partial charge in [-0.15, -0.1) is 0 Å². The van der Waals surface area contributed by atoms with E-state index in [1.54, 1.807) is 0 Å². The van der Waals surface area contributed by atoms with Gasteiger partial charge in [-0.3, -0.25) is 0 Å². The predicted octanol–water partition coefficient (Wildman–Crippen LogP) is 3.81. The number of benzene rings is 1. The van der Waals surface area contributed by atoms with Crippen LogP contribution in [0.2, 0.25) is 0 Å². The van der Waals surface area contributed by atoms with E-state index in [4.69, 9.17) is 10.7 Å². The minimum Gasteiger partial charge on any atom is -0.328 e. The van der Waals surface area contributed by atoms with Gasteiger partial charge in [0, 0.05) is 19.0 Å². The first-order valence-corrected chi connectivity index (χ1v) is 7.44. The number of aryl methyl sites for hydroxylation is 1. The van der Waals surface area contributed by atoms with Gasteiger partial charge in [-0.25, -0.2) is 4.98 Å². The Labute approximate surface area is 115 Å². The van der Waals surface area contributed by atoms with Gasteiger partial charge in [-0.05, 0) is 37.0 Å². The molecule has 1 aromatic carbocycles. The van der Waals surface area contributed by atoms with Crippen LogP contribution >= 0.6 is 0 Å². The highest BCUT2D eigenvalue weighted by molar-refractivity contribution is 5.77. The fourth-order valence-electron chi connectivity index (χ4n) is 2.75. The largest absolute Gasteiger partial charge is 0.328 e. The van der Waals surface area contributed by atoms with Crippen molar-refractivity contribution in [3.8, 4) is 0 Å². The Kier molecular flexibility index (Phi) is 4.59. The molecule has 0 fully saturated rings. The van der Waals surface area contributed by atoms with Crippen molar-refractivity contribution in [3.05, 3.63) is 29.6 Å². The van der Waals surface area contributed by atoms with Gasteiger partial charge in [0.1, 0.15) is 5.82 Å². The number of hydrogen-bond donors (Lipinski definition) is 1. The molecule has 0 aliphatic rings. The van der Waals surface area contributed by atoms with Gasteiger partial charge in [0.25, 0.3) is 0 Å². The SMILES string of the molecule is CCCn1c(C(CC)CC)nc2cc(CN)ccc21. The Morgan fingerprint density at radius 1 is 1.21 bits per heavy atom. The van der Waals surface area contributed by atoms with E-state index < -0.39 is 0 Å². The van der Waals surface area contributed by atoms with Crippen molar-refractivity contribution >= 4 is 11.0 Å². The Morgan fingerprint density at radius 2 is 1.95 bits per heavy atom. The zero-order valence-corrected chi connectivity index (χ0v) is 12.3. The number of nitrogens with two attached hydrogens (primary N) is 1. The number of aromatic nitrogens is 2. The summed E-state index contributed by atoms with van der Waals surface area (Å²) in [6.07, 6.45) is 3.43. The number of hydrogen-bond acceptors (Lipinski definition) is 2. The highest BCUT2D eigenvalue weighted by Crippen LogP contribution is 2.27. The molecule has 2 aromatic rings. The number of fused-ring (bicyclic) bond motifs is 1. The third kappa shape index (κ3) is 2.66. The van der Waals surface area contributed by atoms with E-state index in [0.29, 0.717) is 12.5 Å². The van der Waals surface area contributed by atoms with Crippen molar-refractivity contribution in [3.63, 3.8) is 0 Å². The van der Waals surface area contributed by atoms with Crippen LogP contribution in [-0.4, -0.2) is 9.55 Å². The molecular weight excluding hydrogens is 234 g/mol. The summed E-state index contributed by atoms with van der Waals surface area (Å²) in [7, 11) is 0. The lowest BCUT2D eigenvalue weighted by atomic mass is 10.0. The van der Waals surface area contributed by atoms with Crippen LogP contribution in [0.15, 0.2) is 18.2 Å². The van der Waals surface area contributed by atoms with Crippen LogP contribution in [0.4, 0.5) is 0 Å². The third-order valence-electron chi connectivity index (χ3n) is 3.88. The van der Waals surface area contributed by atoms with Crippen LogP contribution in [0.5, 0.6) is 0 Å². The molecule has 0 atom stereocenters. The predicted molar refractivity (Wildman–Crippen MR) is 81.2 cm³/mol. The number of imidazole rings is 1. The topological polar surface area (TPSA) is 43.8 Å². The van der Waals surface area contributed by atoms with Crippen molar-refractivity contribution in [1.29, 1.82) is 0 Å². The van der Waals surface area contributed by atoms with E-state index in [-0.39, 0.29) is 0 Å². The first-order valence-electron chi connectivity index (χ1n) is 7.44. The molecule has 0 radical (unpaired) electrons. The zero-order chi connectivity index (χ0) is 13.8. The lowest BCUT2D eigenvalue weighted by Crippen LogP contribution is -2.08. The fraction of sp³-hybridized carbons (Fsp3) is 0.562. The number of nitrogens with zero attached hydrogens (tertiary/aromatic N) is 2. The molecular formula is C16H25N3. The first kappa shape index (κ1) is 14.1. The van der Waals surface area contributed by atoms with Gasteiger partial charge >= 0.3 is 0 Å². The molecule has 0 saturated carbocycles. The molecule has 3 heteroatoms. The summed E-state index contributed by atoms with van der Waals surface area (Å²) in [5, 5.41) is 0. The monoisotopic (exact) mass is 259 g/mol. The van der Waals surface area contributed by atoms with Gasteiger partial charge in [-0.2, -0.15) is 0 Å². The molecule has 1 aromatic heterocycles. The normalized spacial score (nSPS) is 11.6. The van der Waals surface area contributed by atoms with Gasteiger partial charge < -0.3 is 10.3 Å². The van der Waals surface area contributed by atoms with E-state index in [1.807, 2.05) is 0 Å². The van der Waals surface area contributed by atoms with Crippen molar-refractivity contribution in [1.82, 2.24) is 9.55 Å². The van der Waals surface area contributed by atoms with Gasteiger partial charge in [-0.1, -0.05) is 26.8 Å². The van der Waals surface area contributed by atoms with Crippen molar-refractivity contribution < 1.29 is 0 Å². The molecule has 2 rings (SSSR count). The van der Waals surface area contributed by atoms with Gasteiger partial charge in [0.05, 0.1) is 11.0 Å². The second kappa shape index (κ2) is 6.20. The van der Waals surface area contributed by atoms with Crippen LogP contribution in [0.3, 0.4) is 0 Å². The van der Waals surface area contributed by atoms with Crippen molar-refractivity contribution in [2.75, 3.05) is 0 Å². The lowest BCUT2D eigenvalue weighted by molar-refractivity contribution is 0.549. The van der Waals surface area contributed by atoms with Gasteiger partial charge in [0.2, 0.25) is 0 Å². The summed E-state index contributed by atoms with van der Waals surface area (Å²) in [5.41, 5.74) is 9.23. The maximum Gasteiger partial charge on any atom is 0.112 e. The summed E-state index contributed by atoms with van der Waals surface area (Å²) < 4.78 is 2.40. The maximum atomic E-state index is 5.72. The summed E-state index contributed by atoms with van der Waals surface area (Å²) >= 11 is 0. The molecule has 104 valence electrons. The molecule has 0 aliphatic carbocycles. The Balaban J connectivity index is 2.57. The molecule has 1 heterocycles. The van der Waals surface area contributed by atoms with E-state index >= 15 is 0 Å². The maximum absolute atomic E-state index is 5.72. The highest BCUT2D eigenvalue weighted by atomic mass is 15.1. The smallest absolute Gasteiger partial charge is 0.112 e.